The van der Waals surface area contributed by atoms with Crippen LogP contribution >= 0.6 is 0 Å². The fourth-order valence-electron chi connectivity index (χ4n) is 2.30. The van der Waals surface area contributed by atoms with Gasteiger partial charge in [-0.1, -0.05) is 0 Å². The van der Waals surface area contributed by atoms with Crippen LogP contribution in [0.25, 0.3) is 0 Å². The Balaban J connectivity index is 1.95. The van der Waals surface area contributed by atoms with E-state index in [0.29, 0.717) is 29.5 Å². The summed E-state index contributed by atoms with van der Waals surface area (Å²) in [4.78, 5) is 12.0. The highest BCUT2D eigenvalue weighted by Gasteiger charge is 2.17. The van der Waals surface area contributed by atoms with E-state index >= 15 is 0 Å². The van der Waals surface area contributed by atoms with Crippen LogP contribution < -0.4 is 14.8 Å². The lowest BCUT2D eigenvalue weighted by molar-refractivity contribution is -0.117. The van der Waals surface area contributed by atoms with E-state index in [1.807, 2.05) is 0 Å². The third-order valence-electron chi connectivity index (χ3n) is 3.45. The predicted molar refractivity (Wildman–Crippen MR) is 76.3 cm³/mol. The number of nitrogens with one attached hydrogen (secondary N) is 1. The van der Waals surface area contributed by atoms with Crippen LogP contribution in [0, 0.1) is 5.92 Å². The Kier molecular flexibility index (Phi) is 5.24. The van der Waals surface area contributed by atoms with Gasteiger partial charge in [0.1, 0.15) is 11.5 Å². The van der Waals surface area contributed by atoms with Crippen molar-refractivity contribution in [1.82, 2.24) is 0 Å². The van der Waals surface area contributed by atoms with Crippen molar-refractivity contribution < 1.29 is 19.0 Å². The molecular formula is C15H21NO4. The normalized spacial score (nSPS) is 15.7. The molecule has 1 heterocycles. The largest absolute Gasteiger partial charge is 0.497 e. The highest BCUT2D eigenvalue weighted by atomic mass is 16.5. The average Bonchev–Trinajstić information content (AvgIpc) is 2.47. The van der Waals surface area contributed by atoms with E-state index < -0.39 is 0 Å². The van der Waals surface area contributed by atoms with Gasteiger partial charge in [-0.3, -0.25) is 4.79 Å². The molecule has 1 aliphatic heterocycles. The van der Waals surface area contributed by atoms with Gasteiger partial charge in [-0.2, -0.15) is 0 Å². The third-order valence-corrected chi connectivity index (χ3v) is 3.45. The fraction of sp³-hybridized carbons (Fsp3) is 0.533. The van der Waals surface area contributed by atoms with E-state index in [2.05, 4.69) is 5.32 Å². The summed E-state index contributed by atoms with van der Waals surface area (Å²) in [7, 11) is 3.17. The van der Waals surface area contributed by atoms with Gasteiger partial charge in [-0.15, -0.1) is 0 Å². The number of methoxy groups -OCH3 is 2. The molecule has 1 fully saturated rings. The van der Waals surface area contributed by atoms with Gasteiger partial charge in [0.2, 0.25) is 5.91 Å². The van der Waals surface area contributed by atoms with Gasteiger partial charge in [-0.05, 0) is 18.8 Å². The van der Waals surface area contributed by atoms with Crippen LogP contribution in [0.5, 0.6) is 11.5 Å². The molecule has 1 aliphatic rings. The first-order valence-electron chi connectivity index (χ1n) is 6.82. The van der Waals surface area contributed by atoms with E-state index in [1.54, 1.807) is 32.4 Å². The summed E-state index contributed by atoms with van der Waals surface area (Å²) in [5.41, 5.74) is 0.693. The smallest absolute Gasteiger partial charge is 0.224 e. The summed E-state index contributed by atoms with van der Waals surface area (Å²) in [5.74, 6) is 1.75. The molecule has 1 saturated heterocycles. The Bertz CT molecular complexity index is 433. The maximum absolute atomic E-state index is 12.0. The zero-order valence-corrected chi connectivity index (χ0v) is 12.0. The van der Waals surface area contributed by atoms with Crippen molar-refractivity contribution in [3.05, 3.63) is 18.2 Å². The van der Waals surface area contributed by atoms with Gasteiger partial charge < -0.3 is 19.5 Å². The highest BCUT2D eigenvalue weighted by molar-refractivity contribution is 5.91. The van der Waals surface area contributed by atoms with E-state index in [9.17, 15) is 4.79 Å². The Morgan fingerprint density at radius 3 is 2.35 bits per heavy atom. The van der Waals surface area contributed by atoms with Gasteiger partial charge in [0, 0.05) is 43.5 Å². The van der Waals surface area contributed by atoms with Crippen molar-refractivity contribution in [2.24, 2.45) is 5.92 Å². The summed E-state index contributed by atoms with van der Waals surface area (Å²) in [5, 5.41) is 2.90. The summed E-state index contributed by atoms with van der Waals surface area (Å²) >= 11 is 0. The second kappa shape index (κ2) is 7.14. The van der Waals surface area contributed by atoms with Gasteiger partial charge in [0.15, 0.2) is 0 Å². The summed E-state index contributed by atoms with van der Waals surface area (Å²) in [6.07, 6.45) is 2.44. The van der Waals surface area contributed by atoms with Crippen LogP contribution in [0.4, 0.5) is 5.69 Å². The first-order chi connectivity index (χ1) is 9.71. The molecule has 0 saturated carbocycles. The molecule has 0 radical (unpaired) electrons. The first-order valence-corrected chi connectivity index (χ1v) is 6.82. The van der Waals surface area contributed by atoms with Crippen molar-refractivity contribution >= 4 is 11.6 Å². The molecule has 1 aromatic rings. The van der Waals surface area contributed by atoms with E-state index in [4.69, 9.17) is 14.2 Å². The van der Waals surface area contributed by atoms with E-state index in [-0.39, 0.29) is 5.91 Å². The summed E-state index contributed by atoms with van der Waals surface area (Å²) in [6.45, 7) is 1.51. The molecule has 1 aromatic carbocycles. The number of amides is 1. The second-order valence-electron chi connectivity index (χ2n) is 4.91. The molecule has 0 spiro atoms. The predicted octanol–water partition coefficient (Wildman–Crippen LogP) is 2.46. The molecule has 2 rings (SSSR count). The molecule has 0 atom stereocenters. The number of hydrogen-bond acceptors (Lipinski definition) is 4. The van der Waals surface area contributed by atoms with Crippen molar-refractivity contribution in [1.29, 1.82) is 0 Å². The SMILES string of the molecule is COc1cc(NC(=O)CC2CCOCC2)cc(OC)c1. The van der Waals surface area contributed by atoms with Crippen molar-refractivity contribution in [3.63, 3.8) is 0 Å². The van der Waals surface area contributed by atoms with Crippen molar-refractivity contribution in [3.8, 4) is 11.5 Å². The van der Waals surface area contributed by atoms with Gasteiger partial charge in [-0.25, -0.2) is 0 Å². The minimum absolute atomic E-state index is 0.0206. The number of carbonyl (C=O) groups excluding carboxylic acids is 1. The zero-order chi connectivity index (χ0) is 14.4. The Morgan fingerprint density at radius 1 is 1.20 bits per heavy atom. The van der Waals surface area contributed by atoms with E-state index in [0.717, 1.165) is 26.1 Å². The second-order valence-corrected chi connectivity index (χ2v) is 4.91. The number of carbonyl (C=O) groups is 1. The van der Waals surface area contributed by atoms with Gasteiger partial charge >= 0.3 is 0 Å². The molecule has 5 nitrogen and oxygen atoms in total. The molecule has 0 bridgehead atoms. The quantitative estimate of drug-likeness (QED) is 0.899. The summed E-state index contributed by atoms with van der Waals surface area (Å²) < 4.78 is 15.7. The summed E-state index contributed by atoms with van der Waals surface area (Å²) in [6, 6.07) is 5.34. The Labute approximate surface area is 119 Å². The van der Waals surface area contributed by atoms with E-state index in [1.165, 1.54) is 0 Å². The minimum Gasteiger partial charge on any atom is -0.497 e. The number of benzene rings is 1. The Hall–Kier alpha value is -1.75. The van der Waals surface area contributed by atoms with Crippen LogP contribution in [-0.2, 0) is 9.53 Å². The van der Waals surface area contributed by atoms with Gasteiger partial charge in [0.25, 0.3) is 0 Å². The van der Waals surface area contributed by atoms with Crippen LogP contribution in [-0.4, -0.2) is 33.3 Å². The molecule has 110 valence electrons. The molecular weight excluding hydrogens is 258 g/mol. The van der Waals surface area contributed by atoms with Crippen molar-refractivity contribution in [2.75, 3.05) is 32.8 Å². The maximum atomic E-state index is 12.0. The lowest BCUT2D eigenvalue weighted by Gasteiger charge is -2.21. The van der Waals surface area contributed by atoms with Crippen LogP contribution in [0.3, 0.4) is 0 Å². The highest BCUT2D eigenvalue weighted by Crippen LogP contribution is 2.26. The number of hydrogen-bond donors (Lipinski definition) is 1. The van der Waals surface area contributed by atoms with Crippen molar-refractivity contribution in [2.45, 2.75) is 19.3 Å². The van der Waals surface area contributed by atoms with Crippen LogP contribution in [0.15, 0.2) is 18.2 Å². The standard InChI is InChI=1S/C15H21NO4/c1-18-13-8-12(9-14(10-13)19-2)16-15(17)7-11-3-5-20-6-4-11/h8-11H,3-7H2,1-2H3,(H,16,17). The molecule has 0 aliphatic carbocycles. The molecule has 0 aromatic heterocycles. The van der Waals surface area contributed by atoms with Crippen LogP contribution in [0.1, 0.15) is 19.3 Å². The lowest BCUT2D eigenvalue weighted by Crippen LogP contribution is -2.22. The topological polar surface area (TPSA) is 56.8 Å². The lowest BCUT2D eigenvalue weighted by atomic mass is 9.96. The molecule has 5 heteroatoms. The monoisotopic (exact) mass is 279 g/mol. The average molecular weight is 279 g/mol. The number of anilines is 1. The molecule has 1 N–H and O–H groups in total. The Morgan fingerprint density at radius 2 is 1.80 bits per heavy atom. The third kappa shape index (κ3) is 4.13. The number of ether oxygens (including phenoxy) is 3. The minimum atomic E-state index is 0.0206. The first kappa shape index (κ1) is 14.7. The number of rotatable bonds is 5. The molecule has 0 unspecified atom stereocenters. The molecule has 20 heavy (non-hydrogen) atoms. The fourth-order valence-corrected chi connectivity index (χ4v) is 2.30. The van der Waals surface area contributed by atoms with Crippen LogP contribution in [0.2, 0.25) is 0 Å². The zero-order valence-electron chi connectivity index (χ0n) is 12.0. The molecule has 1 amide bonds. The van der Waals surface area contributed by atoms with Gasteiger partial charge in [0.05, 0.1) is 14.2 Å². The maximum Gasteiger partial charge on any atom is 0.224 e.